The molecule has 0 radical (unpaired) electrons. The van der Waals surface area contributed by atoms with E-state index in [2.05, 4.69) is 10.3 Å². The summed E-state index contributed by atoms with van der Waals surface area (Å²) in [6.45, 7) is 2.37. The van der Waals surface area contributed by atoms with Crippen LogP contribution >= 0.6 is 22.9 Å². The molecule has 0 saturated heterocycles. The van der Waals surface area contributed by atoms with E-state index in [1.165, 1.54) is 23.5 Å². The molecule has 0 saturated carbocycles. The SMILES string of the molecule is CCCCOC(=O)c1ccc2nc(NC(=O)c3cc([N+](=O)[O-])ccc3Cl)sc2c1. The van der Waals surface area contributed by atoms with Crippen molar-refractivity contribution >= 4 is 55.8 Å². The number of esters is 1. The fourth-order valence-corrected chi connectivity index (χ4v) is 3.57. The van der Waals surface area contributed by atoms with Crippen molar-refractivity contribution in [2.75, 3.05) is 11.9 Å². The largest absolute Gasteiger partial charge is 0.462 e. The van der Waals surface area contributed by atoms with Crippen molar-refractivity contribution in [3.8, 4) is 0 Å². The van der Waals surface area contributed by atoms with E-state index < -0.39 is 16.8 Å². The maximum absolute atomic E-state index is 12.5. The summed E-state index contributed by atoms with van der Waals surface area (Å²) in [5.74, 6) is -1.03. The molecule has 1 N–H and O–H groups in total. The van der Waals surface area contributed by atoms with Gasteiger partial charge in [-0.2, -0.15) is 0 Å². The Balaban J connectivity index is 1.79. The van der Waals surface area contributed by atoms with Crippen LogP contribution in [0.2, 0.25) is 5.02 Å². The predicted octanol–water partition coefficient (Wildman–Crippen LogP) is 5.07. The van der Waals surface area contributed by atoms with Crippen LogP contribution in [0.3, 0.4) is 0 Å². The minimum atomic E-state index is -0.614. The standard InChI is InChI=1S/C19H16ClN3O5S/c1-2-3-8-28-18(25)11-4-7-15-16(9-11)29-19(21-15)22-17(24)13-10-12(23(26)27)5-6-14(13)20/h4-7,9-10H,2-3,8H2,1H3,(H,21,22,24). The Hall–Kier alpha value is -3.04. The van der Waals surface area contributed by atoms with Crippen molar-refractivity contribution in [3.05, 3.63) is 62.7 Å². The molecule has 1 aromatic heterocycles. The van der Waals surface area contributed by atoms with Gasteiger partial charge < -0.3 is 4.74 Å². The molecule has 8 nitrogen and oxygen atoms in total. The summed E-state index contributed by atoms with van der Waals surface area (Å²) in [7, 11) is 0. The summed E-state index contributed by atoms with van der Waals surface area (Å²) in [5.41, 5.74) is 0.729. The number of hydrogen-bond donors (Lipinski definition) is 1. The lowest BCUT2D eigenvalue weighted by atomic mass is 10.2. The van der Waals surface area contributed by atoms with E-state index in [1.807, 2.05) is 6.92 Å². The van der Waals surface area contributed by atoms with Crippen molar-refractivity contribution in [1.82, 2.24) is 4.98 Å². The molecule has 1 heterocycles. The quantitative estimate of drug-likeness (QED) is 0.241. The van der Waals surface area contributed by atoms with E-state index in [9.17, 15) is 19.7 Å². The van der Waals surface area contributed by atoms with E-state index >= 15 is 0 Å². The highest BCUT2D eigenvalue weighted by atomic mass is 35.5. The number of nitrogens with zero attached hydrogens (tertiary/aromatic N) is 2. The van der Waals surface area contributed by atoms with Crippen LogP contribution in [0.5, 0.6) is 0 Å². The van der Waals surface area contributed by atoms with Crippen LogP contribution in [0.1, 0.15) is 40.5 Å². The molecule has 10 heteroatoms. The van der Waals surface area contributed by atoms with Gasteiger partial charge in [0.2, 0.25) is 0 Å². The third-order valence-electron chi connectivity index (χ3n) is 3.98. The number of thiazole rings is 1. The fourth-order valence-electron chi connectivity index (χ4n) is 2.46. The van der Waals surface area contributed by atoms with E-state index in [-0.39, 0.29) is 21.4 Å². The number of nitro groups is 1. The number of carbonyl (C=O) groups excluding carboxylic acids is 2. The number of carbonyl (C=O) groups is 2. The third-order valence-corrected chi connectivity index (χ3v) is 5.24. The maximum Gasteiger partial charge on any atom is 0.338 e. The number of aromatic nitrogens is 1. The summed E-state index contributed by atoms with van der Waals surface area (Å²) in [5, 5.41) is 13.9. The lowest BCUT2D eigenvalue weighted by molar-refractivity contribution is -0.384. The average molecular weight is 434 g/mol. The molecule has 0 aliphatic rings. The maximum atomic E-state index is 12.5. The number of benzene rings is 2. The lowest BCUT2D eigenvalue weighted by Crippen LogP contribution is -2.12. The second kappa shape index (κ2) is 8.97. The first-order chi connectivity index (χ1) is 13.9. The van der Waals surface area contributed by atoms with Gasteiger partial charge in [-0.3, -0.25) is 20.2 Å². The fraction of sp³-hybridized carbons (Fsp3) is 0.211. The van der Waals surface area contributed by atoms with E-state index in [1.54, 1.807) is 18.2 Å². The third kappa shape index (κ3) is 4.87. The molecule has 150 valence electrons. The summed E-state index contributed by atoms with van der Waals surface area (Å²) in [4.78, 5) is 39.2. The topological polar surface area (TPSA) is 111 Å². The first-order valence-electron chi connectivity index (χ1n) is 8.72. The Bertz CT molecular complexity index is 1100. The molecule has 0 atom stereocenters. The van der Waals surface area contributed by atoms with Gasteiger partial charge in [0, 0.05) is 12.1 Å². The monoisotopic (exact) mass is 433 g/mol. The van der Waals surface area contributed by atoms with Crippen LogP contribution in [0.25, 0.3) is 10.2 Å². The number of fused-ring (bicyclic) bond motifs is 1. The first kappa shape index (κ1) is 20.7. The number of anilines is 1. The van der Waals surface area contributed by atoms with E-state index in [4.69, 9.17) is 16.3 Å². The van der Waals surface area contributed by atoms with Gasteiger partial charge in [0.25, 0.3) is 11.6 Å². The summed E-state index contributed by atoms with van der Waals surface area (Å²) in [6, 6.07) is 8.55. The molecule has 0 bridgehead atoms. The van der Waals surface area contributed by atoms with Crippen molar-refractivity contribution in [2.45, 2.75) is 19.8 Å². The van der Waals surface area contributed by atoms with Crippen molar-refractivity contribution in [3.63, 3.8) is 0 Å². The van der Waals surface area contributed by atoms with Gasteiger partial charge in [-0.1, -0.05) is 36.3 Å². The Morgan fingerprint density at radius 2 is 2.07 bits per heavy atom. The summed E-state index contributed by atoms with van der Waals surface area (Å²) < 4.78 is 5.89. The zero-order valence-corrected chi connectivity index (χ0v) is 16.9. The van der Waals surface area contributed by atoms with Crippen LogP contribution in [0, 0.1) is 10.1 Å². The molecule has 0 unspecified atom stereocenters. The molecule has 3 aromatic rings. The molecule has 0 spiro atoms. The highest BCUT2D eigenvalue weighted by molar-refractivity contribution is 7.22. The molecule has 0 fully saturated rings. The summed E-state index contributed by atoms with van der Waals surface area (Å²) >= 11 is 7.17. The van der Waals surface area contributed by atoms with Crippen molar-refractivity contribution in [2.24, 2.45) is 0 Å². The van der Waals surface area contributed by atoms with Crippen LogP contribution in [-0.2, 0) is 4.74 Å². The predicted molar refractivity (Wildman–Crippen MR) is 111 cm³/mol. The number of nitro benzene ring substituents is 1. The zero-order valence-electron chi connectivity index (χ0n) is 15.3. The lowest BCUT2D eigenvalue weighted by Gasteiger charge is -2.03. The van der Waals surface area contributed by atoms with Gasteiger partial charge in [0.15, 0.2) is 5.13 Å². The average Bonchev–Trinajstić information content (AvgIpc) is 3.09. The highest BCUT2D eigenvalue weighted by Crippen LogP contribution is 2.29. The van der Waals surface area contributed by atoms with Gasteiger partial charge >= 0.3 is 5.97 Å². The van der Waals surface area contributed by atoms with Crippen LogP contribution in [-0.4, -0.2) is 28.4 Å². The highest BCUT2D eigenvalue weighted by Gasteiger charge is 2.18. The normalized spacial score (nSPS) is 10.7. The number of unbranched alkanes of at least 4 members (excludes halogenated alkanes) is 1. The zero-order chi connectivity index (χ0) is 21.0. The number of rotatable bonds is 7. The smallest absolute Gasteiger partial charge is 0.338 e. The van der Waals surface area contributed by atoms with Crippen LogP contribution in [0.15, 0.2) is 36.4 Å². The van der Waals surface area contributed by atoms with Crippen molar-refractivity contribution < 1.29 is 19.2 Å². The van der Waals surface area contributed by atoms with Gasteiger partial charge in [-0.25, -0.2) is 9.78 Å². The van der Waals surface area contributed by atoms with Gasteiger partial charge in [-0.05, 0) is 30.7 Å². The van der Waals surface area contributed by atoms with Crippen molar-refractivity contribution in [1.29, 1.82) is 0 Å². The molecule has 3 rings (SSSR count). The number of halogens is 1. The Morgan fingerprint density at radius 1 is 1.28 bits per heavy atom. The molecular formula is C19H16ClN3O5S. The molecule has 0 aliphatic carbocycles. The van der Waals surface area contributed by atoms with E-state index in [0.717, 1.165) is 18.9 Å². The number of nitrogens with one attached hydrogen (secondary N) is 1. The van der Waals surface area contributed by atoms with Crippen LogP contribution < -0.4 is 5.32 Å². The Kier molecular flexibility index (Phi) is 6.40. The van der Waals surface area contributed by atoms with Gasteiger partial charge in [0.05, 0.1) is 37.9 Å². The second-order valence-electron chi connectivity index (χ2n) is 6.07. The molecule has 1 amide bonds. The molecule has 2 aromatic carbocycles. The molecular weight excluding hydrogens is 418 g/mol. The molecule has 29 heavy (non-hydrogen) atoms. The van der Waals surface area contributed by atoms with Gasteiger partial charge in [-0.15, -0.1) is 0 Å². The number of amides is 1. The van der Waals surface area contributed by atoms with Gasteiger partial charge in [0.1, 0.15) is 0 Å². The van der Waals surface area contributed by atoms with Crippen LogP contribution in [0.4, 0.5) is 10.8 Å². The first-order valence-corrected chi connectivity index (χ1v) is 9.91. The Labute approximate surface area is 174 Å². The minimum Gasteiger partial charge on any atom is -0.462 e. The van der Waals surface area contributed by atoms with E-state index in [0.29, 0.717) is 22.4 Å². The molecule has 0 aliphatic heterocycles. The minimum absolute atomic E-state index is 0.0275. The number of ether oxygens (including phenoxy) is 1. The summed E-state index contributed by atoms with van der Waals surface area (Å²) in [6.07, 6.45) is 1.73. The number of hydrogen-bond acceptors (Lipinski definition) is 7. The Morgan fingerprint density at radius 3 is 2.79 bits per heavy atom. The second-order valence-corrected chi connectivity index (χ2v) is 7.50. The number of non-ortho nitro benzene ring substituents is 1.